The Hall–Kier alpha value is -1.73. The van der Waals surface area contributed by atoms with Gasteiger partial charge in [0.05, 0.1) is 30.7 Å². The summed E-state index contributed by atoms with van der Waals surface area (Å²) in [4.78, 5) is 5.06. The third-order valence-corrected chi connectivity index (χ3v) is 7.52. The molecule has 6 heteroatoms. The minimum atomic E-state index is -0.200. The van der Waals surface area contributed by atoms with Crippen molar-refractivity contribution in [2.75, 3.05) is 39.4 Å². The van der Waals surface area contributed by atoms with Gasteiger partial charge in [-0.1, -0.05) is 18.2 Å². The van der Waals surface area contributed by atoms with Crippen LogP contribution in [0.1, 0.15) is 29.8 Å². The summed E-state index contributed by atoms with van der Waals surface area (Å²) in [5.41, 5.74) is 4.83. The Labute approximate surface area is 179 Å². The molecule has 5 rings (SSSR count). The molecule has 1 aromatic carbocycles. The maximum absolute atomic E-state index is 10.8. The molecule has 2 saturated heterocycles. The van der Waals surface area contributed by atoms with E-state index in [1.807, 2.05) is 6.07 Å². The molecule has 2 aromatic rings. The van der Waals surface area contributed by atoms with Crippen molar-refractivity contribution >= 4 is 0 Å². The molecule has 3 aliphatic rings. The molecule has 0 unspecified atom stereocenters. The van der Waals surface area contributed by atoms with Gasteiger partial charge in [0.1, 0.15) is 0 Å². The van der Waals surface area contributed by atoms with Crippen LogP contribution < -0.4 is 0 Å². The van der Waals surface area contributed by atoms with E-state index < -0.39 is 0 Å². The molecule has 0 bridgehead atoms. The van der Waals surface area contributed by atoms with E-state index in [2.05, 4.69) is 52.6 Å². The molecule has 4 atom stereocenters. The largest absolute Gasteiger partial charge is 0.391 e. The van der Waals surface area contributed by atoms with Crippen LogP contribution in [-0.2, 0) is 11.3 Å². The van der Waals surface area contributed by atoms with Crippen molar-refractivity contribution in [3.05, 3.63) is 47.3 Å². The van der Waals surface area contributed by atoms with Crippen LogP contribution in [0.5, 0.6) is 0 Å². The number of para-hydroxylation sites is 1. The lowest BCUT2D eigenvalue weighted by atomic mass is 9.77. The van der Waals surface area contributed by atoms with E-state index in [1.165, 1.54) is 11.3 Å². The van der Waals surface area contributed by atoms with Crippen LogP contribution in [0.4, 0.5) is 0 Å². The van der Waals surface area contributed by atoms with E-state index in [-0.39, 0.29) is 6.10 Å². The van der Waals surface area contributed by atoms with Gasteiger partial charge in [0.15, 0.2) is 0 Å². The molecule has 0 spiro atoms. The third-order valence-electron chi connectivity index (χ3n) is 7.52. The highest BCUT2D eigenvalue weighted by atomic mass is 16.5. The Balaban J connectivity index is 1.27. The number of benzene rings is 1. The minimum absolute atomic E-state index is 0.200. The zero-order valence-corrected chi connectivity index (χ0v) is 18.2. The fourth-order valence-corrected chi connectivity index (χ4v) is 5.88. The summed E-state index contributed by atoms with van der Waals surface area (Å²) in [6.45, 7) is 11.0. The Kier molecular flexibility index (Phi) is 5.67. The van der Waals surface area contributed by atoms with Crippen molar-refractivity contribution in [3.63, 3.8) is 0 Å². The van der Waals surface area contributed by atoms with Gasteiger partial charge in [0.2, 0.25) is 0 Å². The number of fused-ring (bicyclic) bond motifs is 1. The molecule has 6 nitrogen and oxygen atoms in total. The first-order valence-electron chi connectivity index (χ1n) is 11.4. The molecule has 162 valence electrons. The first kappa shape index (κ1) is 20.2. The quantitative estimate of drug-likeness (QED) is 0.839. The number of aryl methyl sites for hydroxylation is 1. The van der Waals surface area contributed by atoms with Crippen LogP contribution in [0, 0.1) is 25.7 Å². The predicted octanol–water partition coefficient (Wildman–Crippen LogP) is 2.39. The zero-order valence-electron chi connectivity index (χ0n) is 18.2. The molecular weight excluding hydrogens is 376 g/mol. The predicted molar refractivity (Wildman–Crippen MR) is 117 cm³/mol. The molecule has 2 aliphatic heterocycles. The molecule has 30 heavy (non-hydrogen) atoms. The first-order chi connectivity index (χ1) is 14.6. The van der Waals surface area contributed by atoms with Crippen LogP contribution in [-0.4, -0.2) is 76.2 Å². The Morgan fingerprint density at radius 1 is 1.03 bits per heavy atom. The van der Waals surface area contributed by atoms with Gasteiger partial charge in [0, 0.05) is 50.0 Å². The Morgan fingerprint density at radius 2 is 1.73 bits per heavy atom. The van der Waals surface area contributed by atoms with E-state index in [1.54, 1.807) is 0 Å². The van der Waals surface area contributed by atoms with E-state index in [0.29, 0.717) is 17.9 Å². The van der Waals surface area contributed by atoms with E-state index in [0.717, 1.165) is 70.2 Å². The second-order valence-electron chi connectivity index (χ2n) is 9.37. The number of ether oxygens (including phenoxy) is 1. The topological polar surface area (TPSA) is 53.8 Å². The zero-order chi connectivity index (χ0) is 20.7. The fourth-order valence-electron chi connectivity index (χ4n) is 5.88. The molecular formula is C24H34N4O2. The summed E-state index contributed by atoms with van der Waals surface area (Å²) in [5, 5.41) is 15.7. The molecule has 1 N–H and O–H groups in total. The summed E-state index contributed by atoms with van der Waals surface area (Å²) in [7, 11) is 0. The molecule has 0 amide bonds. The summed E-state index contributed by atoms with van der Waals surface area (Å²) >= 11 is 0. The lowest BCUT2D eigenvalue weighted by Gasteiger charge is -2.43. The molecule has 1 aromatic heterocycles. The van der Waals surface area contributed by atoms with Crippen molar-refractivity contribution in [1.29, 1.82) is 0 Å². The van der Waals surface area contributed by atoms with Crippen molar-refractivity contribution in [2.24, 2.45) is 11.8 Å². The highest BCUT2D eigenvalue weighted by Crippen LogP contribution is 2.39. The van der Waals surface area contributed by atoms with Crippen molar-refractivity contribution in [1.82, 2.24) is 19.6 Å². The number of nitrogens with zero attached hydrogens (tertiary/aromatic N) is 4. The lowest BCUT2D eigenvalue weighted by Crippen LogP contribution is -2.53. The first-order valence-corrected chi connectivity index (χ1v) is 11.4. The number of rotatable bonds is 4. The number of aromatic nitrogens is 2. The van der Waals surface area contributed by atoms with Gasteiger partial charge in [-0.2, -0.15) is 5.10 Å². The average molecular weight is 411 g/mol. The summed E-state index contributed by atoms with van der Waals surface area (Å²) < 4.78 is 7.59. The summed E-state index contributed by atoms with van der Waals surface area (Å²) in [6, 6.07) is 10.7. The number of hydrogen-bond donors (Lipinski definition) is 1. The Morgan fingerprint density at radius 3 is 2.47 bits per heavy atom. The maximum Gasteiger partial charge on any atom is 0.0698 e. The number of hydrogen-bond acceptors (Lipinski definition) is 5. The maximum atomic E-state index is 10.8. The highest BCUT2D eigenvalue weighted by Gasteiger charge is 2.43. The van der Waals surface area contributed by atoms with Gasteiger partial charge in [0.25, 0.3) is 0 Å². The normalized spacial score (nSPS) is 30.5. The lowest BCUT2D eigenvalue weighted by molar-refractivity contribution is -0.0520. The third kappa shape index (κ3) is 3.82. The molecule has 3 heterocycles. The van der Waals surface area contributed by atoms with Crippen molar-refractivity contribution in [2.45, 2.75) is 45.4 Å². The summed E-state index contributed by atoms with van der Waals surface area (Å²) in [5.74, 6) is 1.30. The van der Waals surface area contributed by atoms with Crippen LogP contribution in [0.25, 0.3) is 5.69 Å². The minimum Gasteiger partial charge on any atom is -0.391 e. The van der Waals surface area contributed by atoms with Gasteiger partial charge in [-0.05, 0) is 50.7 Å². The van der Waals surface area contributed by atoms with Crippen LogP contribution >= 0.6 is 0 Å². The van der Waals surface area contributed by atoms with Crippen molar-refractivity contribution in [3.8, 4) is 5.69 Å². The van der Waals surface area contributed by atoms with Crippen molar-refractivity contribution < 1.29 is 9.84 Å². The number of likely N-dealkylation sites (tertiary alicyclic amines) is 1. The van der Waals surface area contributed by atoms with Gasteiger partial charge in [-0.25, -0.2) is 4.68 Å². The monoisotopic (exact) mass is 410 g/mol. The SMILES string of the molecule is Cc1nn(-c2ccccc2)c(C)c1CN1C[C@H]2C[C@@H](N3CCOCC3)[C@H](O)C[C@H]2C1. The van der Waals surface area contributed by atoms with E-state index in [4.69, 9.17) is 9.84 Å². The molecule has 3 fully saturated rings. The smallest absolute Gasteiger partial charge is 0.0698 e. The molecule has 1 aliphatic carbocycles. The Bertz CT molecular complexity index is 862. The fraction of sp³-hybridized carbons (Fsp3) is 0.625. The standard InChI is InChI=1S/C24H34N4O2/c1-17-22(18(2)28(25-17)21-6-4-3-5-7-21)16-26-14-19-12-23(24(29)13-20(19)15-26)27-8-10-30-11-9-27/h3-7,19-20,23-24,29H,8-16H2,1-2H3/t19-,20+,23-,24-/m1/s1. The second-order valence-corrected chi connectivity index (χ2v) is 9.37. The van der Waals surface area contributed by atoms with E-state index >= 15 is 0 Å². The van der Waals surface area contributed by atoms with Gasteiger partial charge < -0.3 is 9.84 Å². The average Bonchev–Trinajstić information content (AvgIpc) is 3.29. The van der Waals surface area contributed by atoms with Gasteiger partial charge >= 0.3 is 0 Å². The highest BCUT2D eigenvalue weighted by molar-refractivity contribution is 5.37. The van der Waals surface area contributed by atoms with Crippen LogP contribution in [0.3, 0.4) is 0 Å². The second kappa shape index (κ2) is 8.42. The number of morpholine rings is 1. The number of aliphatic hydroxyl groups excluding tert-OH is 1. The van der Waals surface area contributed by atoms with Crippen LogP contribution in [0.15, 0.2) is 30.3 Å². The number of aliphatic hydroxyl groups is 1. The molecule has 1 saturated carbocycles. The van der Waals surface area contributed by atoms with Gasteiger partial charge in [-0.3, -0.25) is 9.80 Å². The summed E-state index contributed by atoms with van der Waals surface area (Å²) in [6.07, 6.45) is 1.85. The van der Waals surface area contributed by atoms with Crippen LogP contribution in [0.2, 0.25) is 0 Å². The van der Waals surface area contributed by atoms with Gasteiger partial charge in [-0.15, -0.1) is 0 Å². The van der Waals surface area contributed by atoms with E-state index in [9.17, 15) is 5.11 Å². The molecule has 0 radical (unpaired) electrons.